The number of para-hydroxylation sites is 1. The molecule has 1 saturated carbocycles. The number of fused-ring (bicyclic) bond motifs is 1. The minimum atomic E-state index is -0.912. The predicted octanol–water partition coefficient (Wildman–Crippen LogP) is 3.02. The molecule has 94 valence electrons. The average molecular weight is 244 g/mol. The summed E-state index contributed by atoms with van der Waals surface area (Å²) in [6, 6.07) is 5.37. The topological polar surface area (TPSA) is 55.1 Å². The maximum Gasteiger partial charge on any atom is 0.337 e. The summed E-state index contributed by atoms with van der Waals surface area (Å²) in [5.74, 6) is -0.912. The summed E-state index contributed by atoms with van der Waals surface area (Å²) >= 11 is 0. The van der Waals surface area contributed by atoms with E-state index in [0.717, 1.165) is 24.8 Å². The fourth-order valence-corrected chi connectivity index (χ4v) is 2.94. The Morgan fingerprint density at radius 3 is 2.83 bits per heavy atom. The fraction of sp³-hybridized carbons (Fsp3) is 0.429. The Bertz CT molecular complexity index is 606. The monoisotopic (exact) mass is 244 g/mol. The van der Waals surface area contributed by atoms with Gasteiger partial charge in [-0.2, -0.15) is 0 Å². The van der Waals surface area contributed by atoms with E-state index in [1.54, 1.807) is 18.5 Å². The highest BCUT2D eigenvalue weighted by atomic mass is 16.4. The minimum Gasteiger partial charge on any atom is -0.478 e. The molecule has 0 saturated heterocycles. The third-order valence-corrected chi connectivity index (χ3v) is 4.26. The molecule has 1 aliphatic carbocycles. The Hall–Kier alpha value is -1.84. The molecule has 2 aromatic rings. The van der Waals surface area contributed by atoms with Gasteiger partial charge < -0.3 is 9.67 Å². The predicted molar refractivity (Wildman–Crippen MR) is 68.8 cm³/mol. The van der Waals surface area contributed by atoms with Gasteiger partial charge in [-0.1, -0.05) is 13.0 Å². The zero-order valence-electron chi connectivity index (χ0n) is 10.4. The van der Waals surface area contributed by atoms with Crippen LogP contribution in [-0.4, -0.2) is 20.6 Å². The highest BCUT2D eigenvalue weighted by Crippen LogP contribution is 2.43. The number of imidazole rings is 1. The third kappa shape index (κ3) is 1.38. The lowest BCUT2D eigenvalue weighted by Crippen LogP contribution is -2.39. The minimum absolute atomic E-state index is 0.159. The van der Waals surface area contributed by atoms with E-state index in [1.807, 2.05) is 6.07 Å². The lowest BCUT2D eigenvalue weighted by Gasteiger charge is -2.43. The smallest absolute Gasteiger partial charge is 0.337 e. The van der Waals surface area contributed by atoms with E-state index in [9.17, 15) is 9.90 Å². The molecule has 1 aliphatic rings. The first-order valence-electron chi connectivity index (χ1n) is 6.38. The van der Waals surface area contributed by atoms with Crippen molar-refractivity contribution in [2.45, 2.75) is 38.1 Å². The van der Waals surface area contributed by atoms with Crippen molar-refractivity contribution in [3.05, 3.63) is 30.1 Å². The number of aromatic nitrogens is 2. The number of nitrogens with zero attached hydrogens (tertiary/aromatic N) is 2. The van der Waals surface area contributed by atoms with Crippen molar-refractivity contribution >= 4 is 17.0 Å². The Kier molecular flexibility index (Phi) is 2.40. The van der Waals surface area contributed by atoms with Crippen LogP contribution in [0, 0.1) is 0 Å². The molecule has 18 heavy (non-hydrogen) atoms. The molecule has 1 fully saturated rings. The lowest BCUT2D eigenvalue weighted by molar-refractivity contribution is 0.0699. The number of hydrogen-bond acceptors (Lipinski definition) is 2. The van der Waals surface area contributed by atoms with Gasteiger partial charge in [-0.05, 0) is 37.8 Å². The number of benzene rings is 1. The number of aromatic carboxylic acids is 1. The molecule has 1 N–H and O–H groups in total. The molecule has 0 radical (unpaired) electrons. The molecule has 1 aromatic carbocycles. The van der Waals surface area contributed by atoms with E-state index >= 15 is 0 Å². The van der Waals surface area contributed by atoms with Gasteiger partial charge in [0, 0.05) is 5.54 Å². The first-order chi connectivity index (χ1) is 8.68. The van der Waals surface area contributed by atoms with Gasteiger partial charge in [0.2, 0.25) is 0 Å². The van der Waals surface area contributed by atoms with Crippen molar-refractivity contribution in [2.75, 3.05) is 0 Å². The molecule has 4 heteroatoms. The summed E-state index contributed by atoms with van der Waals surface area (Å²) in [6.07, 6.45) is 6.43. The van der Waals surface area contributed by atoms with Crippen LogP contribution in [0.15, 0.2) is 24.5 Å². The fourth-order valence-electron chi connectivity index (χ4n) is 2.94. The summed E-state index contributed by atoms with van der Waals surface area (Å²) < 4.78 is 2.18. The Labute approximate surface area is 105 Å². The van der Waals surface area contributed by atoms with Crippen LogP contribution in [0.5, 0.6) is 0 Å². The number of carbonyl (C=O) groups is 1. The zero-order valence-corrected chi connectivity index (χ0v) is 10.4. The molecule has 1 aromatic heterocycles. The molecular weight excluding hydrogens is 228 g/mol. The largest absolute Gasteiger partial charge is 0.478 e. The van der Waals surface area contributed by atoms with Crippen molar-refractivity contribution in [1.82, 2.24) is 9.55 Å². The van der Waals surface area contributed by atoms with E-state index in [4.69, 9.17) is 0 Å². The van der Waals surface area contributed by atoms with Gasteiger partial charge in [-0.15, -0.1) is 0 Å². The van der Waals surface area contributed by atoms with Gasteiger partial charge in [0.05, 0.1) is 17.4 Å². The maximum atomic E-state index is 11.2. The van der Waals surface area contributed by atoms with E-state index < -0.39 is 5.97 Å². The van der Waals surface area contributed by atoms with E-state index in [2.05, 4.69) is 16.5 Å². The second-order valence-electron chi connectivity index (χ2n) is 5.02. The lowest BCUT2D eigenvalue weighted by atomic mass is 9.74. The standard InChI is InChI=1S/C14H16N2O2/c1-2-14(7-4-8-14)16-9-15-12-10(13(17)18)5-3-6-11(12)16/h3,5-6,9H,2,4,7-8H2,1H3,(H,17,18). The zero-order chi connectivity index (χ0) is 12.8. The van der Waals surface area contributed by atoms with E-state index in [0.29, 0.717) is 5.52 Å². The van der Waals surface area contributed by atoms with Gasteiger partial charge in [0.15, 0.2) is 0 Å². The second-order valence-corrected chi connectivity index (χ2v) is 5.02. The molecule has 3 rings (SSSR count). The highest BCUT2D eigenvalue weighted by molar-refractivity contribution is 6.01. The van der Waals surface area contributed by atoms with E-state index in [-0.39, 0.29) is 11.1 Å². The average Bonchev–Trinajstić information content (AvgIpc) is 2.73. The Balaban J connectivity index is 2.21. The van der Waals surface area contributed by atoms with Gasteiger partial charge in [-0.3, -0.25) is 0 Å². The molecule has 0 spiro atoms. The van der Waals surface area contributed by atoms with Crippen molar-refractivity contribution in [2.24, 2.45) is 0 Å². The molecule has 0 bridgehead atoms. The van der Waals surface area contributed by atoms with Crippen LogP contribution in [0.25, 0.3) is 11.0 Å². The number of rotatable bonds is 3. The van der Waals surface area contributed by atoms with Crippen LogP contribution >= 0.6 is 0 Å². The van der Waals surface area contributed by atoms with Gasteiger partial charge in [0.25, 0.3) is 0 Å². The van der Waals surface area contributed by atoms with Crippen molar-refractivity contribution < 1.29 is 9.90 Å². The first-order valence-corrected chi connectivity index (χ1v) is 6.38. The highest BCUT2D eigenvalue weighted by Gasteiger charge is 2.37. The first kappa shape index (κ1) is 11.3. The summed E-state index contributed by atoms with van der Waals surface area (Å²) in [4.78, 5) is 15.5. The quantitative estimate of drug-likeness (QED) is 0.902. The molecule has 0 amide bonds. The van der Waals surface area contributed by atoms with Crippen LogP contribution in [0.1, 0.15) is 43.0 Å². The molecule has 4 nitrogen and oxygen atoms in total. The third-order valence-electron chi connectivity index (χ3n) is 4.26. The summed E-state index contributed by atoms with van der Waals surface area (Å²) in [6.45, 7) is 2.19. The molecule has 1 heterocycles. The number of hydrogen-bond donors (Lipinski definition) is 1. The van der Waals surface area contributed by atoms with Crippen LogP contribution in [0.2, 0.25) is 0 Å². The number of carboxylic acids is 1. The molecule has 0 aliphatic heterocycles. The van der Waals surface area contributed by atoms with Crippen molar-refractivity contribution in [3.63, 3.8) is 0 Å². The van der Waals surface area contributed by atoms with Crippen LogP contribution in [0.3, 0.4) is 0 Å². The van der Waals surface area contributed by atoms with Crippen molar-refractivity contribution in [1.29, 1.82) is 0 Å². The maximum absolute atomic E-state index is 11.2. The SMILES string of the molecule is CCC1(n2cnc3c(C(=O)O)cccc32)CCC1. The normalized spacial score (nSPS) is 17.6. The van der Waals surface area contributed by atoms with E-state index in [1.165, 1.54) is 6.42 Å². The van der Waals surface area contributed by atoms with Gasteiger partial charge in [-0.25, -0.2) is 9.78 Å². The summed E-state index contributed by atoms with van der Waals surface area (Å²) in [7, 11) is 0. The molecular formula is C14H16N2O2. The van der Waals surface area contributed by atoms with Crippen LogP contribution in [0.4, 0.5) is 0 Å². The Morgan fingerprint density at radius 2 is 2.28 bits per heavy atom. The Morgan fingerprint density at radius 1 is 1.50 bits per heavy atom. The van der Waals surface area contributed by atoms with Gasteiger partial charge >= 0.3 is 5.97 Å². The summed E-state index contributed by atoms with van der Waals surface area (Å²) in [5, 5.41) is 9.17. The summed E-state index contributed by atoms with van der Waals surface area (Å²) in [5.41, 5.74) is 1.99. The van der Waals surface area contributed by atoms with Crippen LogP contribution in [-0.2, 0) is 5.54 Å². The number of carboxylic acid groups (broad SMARTS) is 1. The second kappa shape index (κ2) is 3.83. The van der Waals surface area contributed by atoms with Gasteiger partial charge in [0.1, 0.15) is 5.52 Å². The molecule has 0 unspecified atom stereocenters. The van der Waals surface area contributed by atoms with Crippen LogP contribution < -0.4 is 0 Å². The molecule has 0 atom stereocenters. The van der Waals surface area contributed by atoms with Crippen molar-refractivity contribution in [3.8, 4) is 0 Å².